The Morgan fingerprint density at radius 3 is 2.82 bits per heavy atom. The Bertz CT molecular complexity index is 757. The number of nitrogens with one attached hydrogen (secondary N) is 2. The maximum Gasteiger partial charge on any atom is 0.173 e. The van der Waals surface area contributed by atoms with Crippen molar-refractivity contribution in [2.75, 3.05) is 31.5 Å². The molecule has 0 bridgehead atoms. The highest BCUT2D eigenvalue weighted by Gasteiger charge is 2.19. The van der Waals surface area contributed by atoms with Crippen LogP contribution in [0.1, 0.15) is 37.5 Å². The number of furan rings is 1. The monoisotopic (exact) mass is 420 g/mol. The second-order valence-electron chi connectivity index (χ2n) is 7.93. The maximum atomic E-state index is 6.16. The fraction of sp³-hybridized carbons (Fsp3) is 0.500. The van der Waals surface area contributed by atoms with Gasteiger partial charge in [-0.15, -0.1) is 0 Å². The third-order valence-corrected chi connectivity index (χ3v) is 6.19. The molecular formula is C22H31ClN3OS+. The standard InChI is InChI=1S/C22H30ClN3OS/c1-17-8-12-25(13-9-17)10-4-11-26(16-20-5-3-14-27-20)22(28)24-21-15-19(23)7-6-18(21)2/h3,5-7,14-15,17H,4,8-13,16H2,1-2H3,(H,24,28)/p+1. The van der Waals surface area contributed by atoms with Crippen LogP contribution in [0.2, 0.25) is 5.02 Å². The highest BCUT2D eigenvalue weighted by atomic mass is 35.5. The van der Waals surface area contributed by atoms with Crippen molar-refractivity contribution in [3.63, 3.8) is 0 Å². The third kappa shape index (κ3) is 6.23. The lowest BCUT2D eigenvalue weighted by Gasteiger charge is -2.29. The molecule has 0 amide bonds. The molecular weight excluding hydrogens is 390 g/mol. The van der Waals surface area contributed by atoms with E-state index in [1.165, 1.54) is 32.5 Å². The number of nitrogens with zero attached hydrogens (tertiary/aromatic N) is 1. The zero-order chi connectivity index (χ0) is 19.9. The van der Waals surface area contributed by atoms with Crippen LogP contribution < -0.4 is 10.2 Å². The quantitative estimate of drug-likeness (QED) is 0.659. The van der Waals surface area contributed by atoms with E-state index < -0.39 is 0 Å². The molecule has 0 unspecified atom stereocenters. The molecule has 1 aromatic carbocycles. The van der Waals surface area contributed by atoms with E-state index in [0.29, 0.717) is 16.7 Å². The van der Waals surface area contributed by atoms with Gasteiger partial charge in [0.25, 0.3) is 0 Å². The number of aryl methyl sites for hydroxylation is 1. The summed E-state index contributed by atoms with van der Waals surface area (Å²) in [4.78, 5) is 3.92. The van der Waals surface area contributed by atoms with Gasteiger partial charge in [-0.1, -0.05) is 24.6 Å². The summed E-state index contributed by atoms with van der Waals surface area (Å²) < 4.78 is 5.56. The van der Waals surface area contributed by atoms with Gasteiger partial charge < -0.3 is 19.5 Å². The number of anilines is 1. The van der Waals surface area contributed by atoms with Gasteiger partial charge >= 0.3 is 0 Å². The fourth-order valence-electron chi connectivity index (χ4n) is 3.71. The molecule has 1 aromatic heterocycles. The first kappa shape index (κ1) is 21.2. The summed E-state index contributed by atoms with van der Waals surface area (Å²) in [6.45, 7) is 9.78. The van der Waals surface area contributed by atoms with Gasteiger partial charge in [0.2, 0.25) is 0 Å². The molecule has 3 rings (SSSR count). The number of piperidine rings is 1. The van der Waals surface area contributed by atoms with Crippen molar-refractivity contribution in [2.24, 2.45) is 5.92 Å². The van der Waals surface area contributed by atoms with E-state index in [2.05, 4.69) is 24.1 Å². The van der Waals surface area contributed by atoms with E-state index in [1.54, 1.807) is 11.2 Å². The molecule has 2 aromatic rings. The molecule has 2 heterocycles. The van der Waals surface area contributed by atoms with Gasteiger partial charge in [0.15, 0.2) is 5.11 Å². The summed E-state index contributed by atoms with van der Waals surface area (Å²) in [7, 11) is 0. The third-order valence-electron chi connectivity index (χ3n) is 5.59. The highest BCUT2D eigenvalue weighted by Crippen LogP contribution is 2.21. The summed E-state index contributed by atoms with van der Waals surface area (Å²) in [5.41, 5.74) is 2.08. The van der Waals surface area contributed by atoms with Gasteiger partial charge in [-0.2, -0.15) is 0 Å². The van der Waals surface area contributed by atoms with Gasteiger partial charge in [0.1, 0.15) is 5.76 Å². The zero-order valence-electron chi connectivity index (χ0n) is 16.8. The van der Waals surface area contributed by atoms with Crippen LogP contribution in [0.15, 0.2) is 41.0 Å². The lowest BCUT2D eigenvalue weighted by Crippen LogP contribution is -3.13. The second-order valence-corrected chi connectivity index (χ2v) is 8.75. The number of quaternary nitrogens is 1. The van der Waals surface area contributed by atoms with Crippen molar-refractivity contribution in [1.29, 1.82) is 0 Å². The van der Waals surface area contributed by atoms with Crippen molar-refractivity contribution in [3.8, 4) is 0 Å². The summed E-state index contributed by atoms with van der Waals surface area (Å²) in [6, 6.07) is 9.74. The molecule has 1 aliphatic rings. The summed E-state index contributed by atoms with van der Waals surface area (Å²) in [6.07, 6.45) is 5.52. The van der Waals surface area contributed by atoms with Crippen molar-refractivity contribution in [1.82, 2.24) is 4.90 Å². The van der Waals surface area contributed by atoms with Crippen molar-refractivity contribution < 1.29 is 9.32 Å². The minimum Gasteiger partial charge on any atom is -0.467 e. The first-order valence-corrected chi connectivity index (χ1v) is 11.0. The SMILES string of the molecule is Cc1ccc(Cl)cc1NC(=S)N(CCC[NH+]1CCC(C)CC1)Cc1ccco1. The molecule has 0 atom stereocenters. The summed E-state index contributed by atoms with van der Waals surface area (Å²) in [5.74, 6) is 1.81. The van der Waals surface area contributed by atoms with Gasteiger partial charge in [-0.3, -0.25) is 0 Å². The van der Waals surface area contributed by atoms with E-state index in [1.807, 2.05) is 30.3 Å². The normalized spacial score (nSPS) is 19.4. The number of rotatable bonds is 7. The van der Waals surface area contributed by atoms with Crippen LogP contribution in [0.25, 0.3) is 0 Å². The van der Waals surface area contributed by atoms with E-state index >= 15 is 0 Å². The predicted octanol–water partition coefficient (Wildman–Crippen LogP) is 4.15. The number of thiocarbonyl (C=S) groups is 1. The zero-order valence-corrected chi connectivity index (χ0v) is 18.4. The van der Waals surface area contributed by atoms with Gasteiger partial charge in [0, 0.05) is 23.7 Å². The molecule has 152 valence electrons. The number of hydrogen-bond acceptors (Lipinski definition) is 2. The Labute approximate surface area is 178 Å². The molecule has 4 nitrogen and oxygen atoms in total. The number of hydrogen-bond donors (Lipinski definition) is 2. The summed E-state index contributed by atoms with van der Waals surface area (Å²) >= 11 is 11.9. The Morgan fingerprint density at radius 1 is 1.32 bits per heavy atom. The highest BCUT2D eigenvalue weighted by molar-refractivity contribution is 7.80. The Hall–Kier alpha value is -1.56. The number of likely N-dealkylation sites (tertiary alicyclic amines) is 1. The van der Waals surface area contributed by atoms with Crippen molar-refractivity contribution in [2.45, 2.75) is 39.7 Å². The number of halogens is 1. The molecule has 1 saturated heterocycles. The average Bonchev–Trinajstić information content (AvgIpc) is 3.18. The van der Waals surface area contributed by atoms with Crippen LogP contribution in [-0.2, 0) is 6.54 Å². The smallest absolute Gasteiger partial charge is 0.173 e. The average molecular weight is 421 g/mol. The topological polar surface area (TPSA) is 32.9 Å². The van der Waals surface area contributed by atoms with Gasteiger partial charge in [0.05, 0.1) is 32.4 Å². The largest absolute Gasteiger partial charge is 0.467 e. The minimum atomic E-state index is 0.671. The molecule has 6 heteroatoms. The van der Waals surface area contributed by atoms with Crippen LogP contribution >= 0.6 is 23.8 Å². The first-order chi connectivity index (χ1) is 13.5. The van der Waals surface area contributed by atoms with Crippen LogP contribution in [0.4, 0.5) is 5.69 Å². The lowest BCUT2D eigenvalue weighted by molar-refractivity contribution is -0.906. The Kier molecular flexibility index (Phi) is 7.77. The fourth-order valence-corrected chi connectivity index (χ4v) is 4.14. The van der Waals surface area contributed by atoms with Crippen LogP contribution in [0.5, 0.6) is 0 Å². The minimum absolute atomic E-state index is 0.671. The molecule has 1 aliphatic heterocycles. The van der Waals surface area contributed by atoms with E-state index in [0.717, 1.165) is 35.9 Å². The molecule has 2 N–H and O–H groups in total. The second kappa shape index (κ2) is 10.3. The van der Waals surface area contributed by atoms with Crippen molar-refractivity contribution >= 4 is 34.6 Å². The predicted molar refractivity (Wildman–Crippen MR) is 120 cm³/mol. The van der Waals surface area contributed by atoms with Crippen molar-refractivity contribution in [3.05, 3.63) is 52.9 Å². The molecule has 0 spiro atoms. The Morgan fingerprint density at radius 2 is 2.11 bits per heavy atom. The maximum absolute atomic E-state index is 6.16. The Balaban J connectivity index is 1.59. The van der Waals surface area contributed by atoms with E-state index in [-0.39, 0.29) is 0 Å². The molecule has 0 radical (unpaired) electrons. The molecule has 0 saturated carbocycles. The van der Waals surface area contributed by atoms with Crippen LogP contribution in [-0.4, -0.2) is 36.2 Å². The van der Waals surface area contributed by atoms with Gasteiger partial charge in [-0.25, -0.2) is 0 Å². The van der Waals surface area contributed by atoms with E-state index in [9.17, 15) is 0 Å². The van der Waals surface area contributed by atoms with Crippen LogP contribution in [0, 0.1) is 12.8 Å². The lowest BCUT2D eigenvalue weighted by atomic mass is 9.99. The molecule has 1 fully saturated rings. The van der Waals surface area contributed by atoms with Gasteiger partial charge in [-0.05, 0) is 67.7 Å². The van der Waals surface area contributed by atoms with E-state index in [4.69, 9.17) is 28.2 Å². The molecule has 28 heavy (non-hydrogen) atoms. The number of benzene rings is 1. The summed E-state index contributed by atoms with van der Waals surface area (Å²) in [5, 5.41) is 4.80. The van der Waals surface area contributed by atoms with Crippen LogP contribution in [0.3, 0.4) is 0 Å². The molecule has 0 aliphatic carbocycles. The first-order valence-electron chi connectivity index (χ1n) is 10.2.